The van der Waals surface area contributed by atoms with Gasteiger partial charge in [-0.1, -0.05) is 56.5 Å². The van der Waals surface area contributed by atoms with Crippen molar-refractivity contribution in [1.29, 1.82) is 0 Å². The van der Waals surface area contributed by atoms with Crippen molar-refractivity contribution in [2.45, 2.75) is 33.6 Å². The van der Waals surface area contributed by atoms with Gasteiger partial charge in [0.2, 0.25) is 0 Å². The summed E-state index contributed by atoms with van der Waals surface area (Å²) in [6, 6.07) is 5.64. The van der Waals surface area contributed by atoms with Crippen LogP contribution in [0.1, 0.15) is 32.8 Å². The second-order valence-corrected chi connectivity index (χ2v) is 3.33. The molecule has 1 aromatic rings. The van der Waals surface area contributed by atoms with Gasteiger partial charge in [-0.2, -0.15) is 0 Å². The van der Waals surface area contributed by atoms with Gasteiger partial charge >= 0.3 is 0 Å². The molecule has 0 radical (unpaired) electrons. The number of halogens is 2. The third-order valence-electron chi connectivity index (χ3n) is 1.53. The highest BCUT2D eigenvalue weighted by Gasteiger charge is 1.98. The smallest absolute Gasteiger partial charge is 0.0452 e. The van der Waals surface area contributed by atoms with Crippen LogP contribution in [0.2, 0.25) is 10.0 Å². The Balaban J connectivity index is 0.000000671. The highest BCUT2D eigenvalue weighted by Crippen LogP contribution is 2.21. The molecule has 0 amide bonds. The summed E-state index contributed by atoms with van der Waals surface area (Å²) < 4.78 is 0. The van der Waals surface area contributed by atoms with E-state index < -0.39 is 0 Å². The summed E-state index contributed by atoms with van der Waals surface area (Å²) in [7, 11) is 0. The Morgan fingerprint density at radius 1 is 1.15 bits per heavy atom. The molecular formula is C11H16Cl2. The molecular weight excluding hydrogens is 203 g/mol. The first-order chi connectivity index (χ1) is 6.24. The summed E-state index contributed by atoms with van der Waals surface area (Å²) in [5, 5.41) is 1.48. The van der Waals surface area contributed by atoms with E-state index in [2.05, 4.69) is 6.92 Å². The molecule has 0 aliphatic carbocycles. The van der Waals surface area contributed by atoms with Crippen molar-refractivity contribution in [3.05, 3.63) is 33.8 Å². The van der Waals surface area contributed by atoms with Crippen LogP contribution in [0, 0.1) is 0 Å². The summed E-state index contributed by atoms with van der Waals surface area (Å²) in [6.07, 6.45) is 2.14. The highest BCUT2D eigenvalue weighted by molar-refractivity contribution is 6.35. The fourth-order valence-corrected chi connectivity index (χ4v) is 1.50. The highest BCUT2D eigenvalue weighted by atomic mass is 35.5. The minimum atomic E-state index is 0.704. The number of benzene rings is 1. The molecule has 0 nitrogen and oxygen atoms in total. The SMILES string of the molecule is CC.CCCc1ccc(Cl)cc1Cl. The molecule has 1 rings (SSSR count). The van der Waals surface area contributed by atoms with E-state index in [4.69, 9.17) is 23.2 Å². The Morgan fingerprint density at radius 3 is 2.23 bits per heavy atom. The van der Waals surface area contributed by atoms with Gasteiger partial charge in [-0.05, 0) is 24.1 Å². The first-order valence-corrected chi connectivity index (χ1v) is 5.43. The van der Waals surface area contributed by atoms with E-state index in [1.165, 1.54) is 5.56 Å². The van der Waals surface area contributed by atoms with Crippen molar-refractivity contribution in [3.8, 4) is 0 Å². The van der Waals surface area contributed by atoms with Crippen molar-refractivity contribution in [3.63, 3.8) is 0 Å². The minimum absolute atomic E-state index is 0.704. The van der Waals surface area contributed by atoms with Crippen LogP contribution in [0.15, 0.2) is 18.2 Å². The van der Waals surface area contributed by atoms with Gasteiger partial charge in [0, 0.05) is 10.0 Å². The van der Waals surface area contributed by atoms with Gasteiger partial charge in [-0.25, -0.2) is 0 Å². The van der Waals surface area contributed by atoms with E-state index >= 15 is 0 Å². The van der Waals surface area contributed by atoms with Crippen LogP contribution >= 0.6 is 23.2 Å². The summed E-state index contributed by atoms with van der Waals surface area (Å²) >= 11 is 11.7. The van der Waals surface area contributed by atoms with Crippen molar-refractivity contribution < 1.29 is 0 Å². The van der Waals surface area contributed by atoms with Crippen LogP contribution in [-0.2, 0) is 6.42 Å². The predicted octanol–water partition coefficient (Wildman–Crippen LogP) is 4.97. The summed E-state index contributed by atoms with van der Waals surface area (Å²) in [6.45, 7) is 6.13. The van der Waals surface area contributed by atoms with Crippen molar-refractivity contribution in [2.75, 3.05) is 0 Å². The van der Waals surface area contributed by atoms with Gasteiger partial charge in [0.1, 0.15) is 0 Å². The van der Waals surface area contributed by atoms with Gasteiger partial charge in [0.25, 0.3) is 0 Å². The monoisotopic (exact) mass is 218 g/mol. The molecule has 0 heterocycles. The molecule has 13 heavy (non-hydrogen) atoms. The average Bonchev–Trinajstić information content (AvgIpc) is 2.14. The lowest BCUT2D eigenvalue weighted by Gasteiger charge is -2.01. The lowest BCUT2D eigenvalue weighted by atomic mass is 10.1. The Morgan fingerprint density at radius 2 is 1.77 bits per heavy atom. The molecule has 2 heteroatoms. The third-order valence-corrected chi connectivity index (χ3v) is 2.12. The maximum Gasteiger partial charge on any atom is 0.0452 e. The van der Waals surface area contributed by atoms with Crippen LogP contribution in [-0.4, -0.2) is 0 Å². The molecule has 0 bridgehead atoms. The quantitative estimate of drug-likeness (QED) is 0.658. The first kappa shape index (κ1) is 12.8. The Hall–Kier alpha value is -0.200. The van der Waals surface area contributed by atoms with Gasteiger partial charge in [0.05, 0.1) is 0 Å². The molecule has 0 saturated heterocycles. The largest absolute Gasteiger partial charge is 0.0843 e. The van der Waals surface area contributed by atoms with Crippen LogP contribution in [0.5, 0.6) is 0 Å². The molecule has 0 aromatic heterocycles. The zero-order valence-electron chi connectivity index (χ0n) is 8.40. The summed E-state index contributed by atoms with van der Waals surface area (Å²) in [5.74, 6) is 0. The molecule has 0 N–H and O–H groups in total. The fourth-order valence-electron chi connectivity index (χ4n) is 0.994. The molecule has 0 aliphatic rings. The Bertz CT molecular complexity index is 244. The topological polar surface area (TPSA) is 0 Å². The van der Waals surface area contributed by atoms with Gasteiger partial charge < -0.3 is 0 Å². The second-order valence-electron chi connectivity index (χ2n) is 2.49. The van der Waals surface area contributed by atoms with Crippen molar-refractivity contribution in [2.24, 2.45) is 0 Å². The molecule has 0 saturated carbocycles. The Kier molecular flexibility index (Phi) is 7.12. The predicted molar refractivity (Wildman–Crippen MR) is 61.8 cm³/mol. The fraction of sp³-hybridized carbons (Fsp3) is 0.455. The standard InChI is InChI=1S/C9H10Cl2.C2H6/c1-2-3-7-4-5-8(10)6-9(7)11;1-2/h4-6H,2-3H2,1H3;1-2H3. The van der Waals surface area contributed by atoms with Gasteiger partial charge in [-0.3, -0.25) is 0 Å². The molecule has 0 fully saturated rings. The van der Waals surface area contributed by atoms with E-state index in [0.717, 1.165) is 17.9 Å². The number of hydrogen-bond donors (Lipinski definition) is 0. The molecule has 0 aliphatic heterocycles. The normalized spacial score (nSPS) is 9.00. The van der Waals surface area contributed by atoms with E-state index in [0.29, 0.717) is 5.02 Å². The molecule has 0 spiro atoms. The van der Waals surface area contributed by atoms with Crippen molar-refractivity contribution in [1.82, 2.24) is 0 Å². The number of hydrogen-bond acceptors (Lipinski definition) is 0. The van der Waals surface area contributed by atoms with Crippen LogP contribution in [0.3, 0.4) is 0 Å². The lowest BCUT2D eigenvalue weighted by Crippen LogP contribution is -1.83. The van der Waals surface area contributed by atoms with Crippen LogP contribution < -0.4 is 0 Å². The lowest BCUT2D eigenvalue weighted by molar-refractivity contribution is 0.922. The van der Waals surface area contributed by atoms with E-state index in [9.17, 15) is 0 Å². The van der Waals surface area contributed by atoms with E-state index in [-0.39, 0.29) is 0 Å². The number of rotatable bonds is 2. The molecule has 1 aromatic carbocycles. The second kappa shape index (κ2) is 7.23. The minimum Gasteiger partial charge on any atom is -0.0843 e. The average molecular weight is 219 g/mol. The maximum absolute atomic E-state index is 5.92. The van der Waals surface area contributed by atoms with Crippen molar-refractivity contribution >= 4 is 23.2 Å². The van der Waals surface area contributed by atoms with Crippen LogP contribution in [0.4, 0.5) is 0 Å². The first-order valence-electron chi connectivity index (χ1n) is 4.68. The number of aryl methyl sites for hydroxylation is 1. The maximum atomic E-state index is 5.92. The third kappa shape index (κ3) is 4.54. The zero-order chi connectivity index (χ0) is 10.3. The van der Waals surface area contributed by atoms with Gasteiger partial charge in [0.15, 0.2) is 0 Å². The van der Waals surface area contributed by atoms with Crippen LogP contribution in [0.25, 0.3) is 0 Å². The molecule has 74 valence electrons. The molecule has 0 unspecified atom stereocenters. The summed E-state index contributed by atoms with van der Waals surface area (Å²) in [4.78, 5) is 0. The van der Waals surface area contributed by atoms with Gasteiger partial charge in [-0.15, -0.1) is 0 Å². The zero-order valence-corrected chi connectivity index (χ0v) is 9.91. The molecule has 0 atom stereocenters. The van der Waals surface area contributed by atoms with E-state index in [1.54, 1.807) is 6.07 Å². The van der Waals surface area contributed by atoms with E-state index in [1.807, 2.05) is 26.0 Å². The Labute approximate surface area is 90.9 Å². The summed E-state index contributed by atoms with van der Waals surface area (Å²) in [5.41, 5.74) is 1.18.